The van der Waals surface area contributed by atoms with Crippen molar-refractivity contribution in [2.75, 3.05) is 5.32 Å². The molecule has 3 atom stereocenters. The molecule has 4 aromatic rings. The van der Waals surface area contributed by atoms with Gasteiger partial charge < -0.3 is 24.7 Å². The highest BCUT2D eigenvalue weighted by molar-refractivity contribution is 5.83. The molecule has 0 unspecified atom stereocenters. The van der Waals surface area contributed by atoms with Crippen LogP contribution in [0.15, 0.2) is 71.1 Å². The van der Waals surface area contributed by atoms with Gasteiger partial charge in [-0.2, -0.15) is 0 Å². The molecule has 5 nitrogen and oxygen atoms in total. The van der Waals surface area contributed by atoms with Crippen molar-refractivity contribution in [2.24, 2.45) is 0 Å². The average molecular weight is 435 g/mol. The Morgan fingerprint density at radius 3 is 2.16 bits per heavy atom. The molecule has 0 fully saturated rings. The molecular weight excluding hydrogens is 409 g/mol. The lowest BCUT2D eigenvalue weighted by Crippen LogP contribution is -2.34. The summed E-state index contributed by atoms with van der Waals surface area (Å²) >= 11 is 0. The van der Waals surface area contributed by atoms with E-state index in [-0.39, 0.29) is 5.82 Å². The molecule has 1 heterocycles. The average Bonchev–Trinajstić information content (AvgIpc) is 3.09. The molecule has 0 aliphatic rings. The Labute approximate surface area is 186 Å². The third kappa shape index (κ3) is 4.61. The van der Waals surface area contributed by atoms with Gasteiger partial charge in [-0.15, -0.1) is 0 Å². The van der Waals surface area contributed by atoms with Crippen LogP contribution in [0.3, 0.4) is 0 Å². The van der Waals surface area contributed by atoms with Crippen molar-refractivity contribution in [3.63, 3.8) is 0 Å². The summed E-state index contributed by atoms with van der Waals surface area (Å²) in [6.45, 7) is 5.48. The highest BCUT2D eigenvalue weighted by atomic mass is 19.1. The second-order valence-corrected chi connectivity index (χ2v) is 8.02. The maximum atomic E-state index is 13.1. The van der Waals surface area contributed by atoms with Crippen molar-refractivity contribution in [1.82, 2.24) is 0 Å². The zero-order chi connectivity index (χ0) is 22.8. The minimum atomic E-state index is -1.09. The molecule has 0 bridgehead atoms. The molecule has 6 heteroatoms. The van der Waals surface area contributed by atoms with Crippen molar-refractivity contribution in [2.45, 2.75) is 39.0 Å². The predicted octanol–water partition coefficient (Wildman–Crippen LogP) is 5.88. The van der Waals surface area contributed by atoms with Crippen LogP contribution in [-0.2, 0) is 0 Å². The fraction of sp³-hybridized carbons (Fsp3) is 0.231. The third-order valence-corrected chi connectivity index (χ3v) is 5.47. The number of furan rings is 1. The number of nitrogens with one attached hydrogen (secondary N) is 1. The van der Waals surface area contributed by atoms with E-state index in [9.17, 15) is 14.6 Å². The van der Waals surface area contributed by atoms with Gasteiger partial charge in [0.2, 0.25) is 0 Å². The highest BCUT2D eigenvalue weighted by Gasteiger charge is 2.30. The Kier molecular flexibility index (Phi) is 6.17. The third-order valence-electron chi connectivity index (χ3n) is 5.47. The van der Waals surface area contributed by atoms with Gasteiger partial charge in [0, 0.05) is 16.6 Å². The van der Waals surface area contributed by atoms with E-state index >= 15 is 0 Å². The number of hydrogen-bond donors (Lipinski definition) is 3. The first-order chi connectivity index (χ1) is 15.3. The van der Waals surface area contributed by atoms with E-state index in [1.54, 1.807) is 31.2 Å². The number of rotatable bonds is 7. The van der Waals surface area contributed by atoms with Gasteiger partial charge in [-0.1, -0.05) is 12.1 Å². The van der Waals surface area contributed by atoms with Crippen LogP contribution in [0.25, 0.3) is 11.0 Å². The van der Waals surface area contributed by atoms with Gasteiger partial charge in [-0.3, -0.25) is 0 Å². The second kappa shape index (κ2) is 9.02. The topological polar surface area (TPSA) is 74.9 Å². The fourth-order valence-electron chi connectivity index (χ4n) is 3.67. The Balaban J connectivity index is 1.59. The number of anilines is 1. The lowest BCUT2D eigenvalue weighted by Gasteiger charge is -2.26. The second-order valence-electron chi connectivity index (χ2n) is 8.02. The standard InChI is InChI=1S/C26H26FNO4/c1-15-4-13-22-16(2)26(32-23(22)14-15)24(25(30)17(3)29)28-19-7-11-21(12-8-19)31-20-9-5-18(27)6-10-20/h4-14,17,24-25,28-30H,1-3H3/t17-,24-,25+/m0/s1. The molecule has 4 rings (SSSR count). The normalized spacial score (nSPS) is 14.2. The summed E-state index contributed by atoms with van der Waals surface area (Å²) in [5.41, 5.74) is 3.45. The van der Waals surface area contributed by atoms with E-state index in [1.165, 1.54) is 12.1 Å². The van der Waals surface area contributed by atoms with E-state index in [1.807, 2.05) is 44.2 Å². The number of aliphatic hydroxyl groups is 2. The quantitative estimate of drug-likeness (QED) is 0.338. The number of fused-ring (bicyclic) bond motifs is 1. The van der Waals surface area contributed by atoms with Gasteiger partial charge in [0.25, 0.3) is 0 Å². The van der Waals surface area contributed by atoms with Crippen LogP contribution in [0, 0.1) is 19.7 Å². The van der Waals surface area contributed by atoms with Crippen molar-refractivity contribution in [3.8, 4) is 11.5 Å². The Hall–Kier alpha value is -3.35. The van der Waals surface area contributed by atoms with E-state index in [0.29, 0.717) is 17.3 Å². The minimum Gasteiger partial charge on any atom is -0.458 e. The van der Waals surface area contributed by atoms with Gasteiger partial charge >= 0.3 is 0 Å². The van der Waals surface area contributed by atoms with Crippen molar-refractivity contribution >= 4 is 16.7 Å². The summed E-state index contributed by atoms with van der Waals surface area (Å²) in [6.07, 6.45) is -2.06. The molecule has 0 saturated carbocycles. The van der Waals surface area contributed by atoms with Crippen LogP contribution >= 0.6 is 0 Å². The zero-order valence-electron chi connectivity index (χ0n) is 18.2. The largest absolute Gasteiger partial charge is 0.458 e. The molecule has 166 valence electrons. The zero-order valence-corrected chi connectivity index (χ0v) is 18.2. The monoisotopic (exact) mass is 435 g/mol. The molecule has 0 aliphatic heterocycles. The van der Waals surface area contributed by atoms with Crippen molar-refractivity contribution < 1.29 is 23.8 Å². The summed E-state index contributed by atoms with van der Waals surface area (Å²) < 4.78 is 24.9. The maximum Gasteiger partial charge on any atom is 0.134 e. The van der Waals surface area contributed by atoms with Gasteiger partial charge in [0.15, 0.2) is 0 Å². The number of aryl methyl sites for hydroxylation is 2. The predicted molar refractivity (Wildman–Crippen MR) is 123 cm³/mol. The molecule has 3 N–H and O–H groups in total. The molecule has 0 radical (unpaired) electrons. The number of hydrogen-bond acceptors (Lipinski definition) is 5. The summed E-state index contributed by atoms with van der Waals surface area (Å²) in [4.78, 5) is 0. The van der Waals surface area contributed by atoms with Crippen LogP contribution in [0.1, 0.15) is 29.9 Å². The van der Waals surface area contributed by atoms with Gasteiger partial charge in [0.05, 0.1) is 6.10 Å². The van der Waals surface area contributed by atoms with Crippen LogP contribution in [0.2, 0.25) is 0 Å². The summed E-state index contributed by atoms with van der Waals surface area (Å²) in [5, 5.41) is 25.1. The first kappa shape index (κ1) is 21.9. The van der Waals surface area contributed by atoms with E-state index in [4.69, 9.17) is 9.15 Å². The fourth-order valence-corrected chi connectivity index (χ4v) is 3.67. The summed E-state index contributed by atoms with van der Waals surface area (Å²) in [5.74, 6) is 1.37. The SMILES string of the molecule is Cc1ccc2c(C)c([C@@H](Nc3ccc(Oc4ccc(F)cc4)cc3)[C@H](O)[C@H](C)O)oc2c1. The highest BCUT2D eigenvalue weighted by Crippen LogP contribution is 2.35. The van der Waals surface area contributed by atoms with Gasteiger partial charge in [-0.25, -0.2) is 4.39 Å². The number of ether oxygens (including phenoxy) is 1. The van der Waals surface area contributed by atoms with Gasteiger partial charge in [-0.05, 0) is 80.9 Å². The Morgan fingerprint density at radius 2 is 1.53 bits per heavy atom. The molecule has 0 amide bonds. The Morgan fingerprint density at radius 1 is 0.906 bits per heavy atom. The first-order valence-electron chi connectivity index (χ1n) is 10.5. The summed E-state index contributed by atoms with van der Waals surface area (Å²) in [7, 11) is 0. The molecule has 3 aromatic carbocycles. The van der Waals surface area contributed by atoms with Crippen LogP contribution < -0.4 is 10.1 Å². The number of benzene rings is 3. The van der Waals surface area contributed by atoms with Crippen LogP contribution in [0.5, 0.6) is 11.5 Å². The molecule has 0 spiro atoms. The molecule has 1 aromatic heterocycles. The van der Waals surface area contributed by atoms with E-state index < -0.39 is 18.2 Å². The number of aliphatic hydroxyl groups excluding tert-OH is 2. The number of halogens is 1. The van der Waals surface area contributed by atoms with Crippen LogP contribution in [-0.4, -0.2) is 22.4 Å². The molecule has 0 aliphatic carbocycles. The molecular formula is C26H26FNO4. The molecule has 32 heavy (non-hydrogen) atoms. The van der Waals surface area contributed by atoms with Crippen molar-refractivity contribution in [3.05, 3.63) is 89.4 Å². The van der Waals surface area contributed by atoms with E-state index in [0.717, 1.165) is 27.8 Å². The van der Waals surface area contributed by atoms with Crippen LogP contribution in [0.4, 0.5) is 10.1 Å². The minimum absolute atomic E-state index is 0.323. The lowest BCUT2D eigenvalue weighted by molar-refractivity contribution is 0.0152. The molecule has 0 saturated heterocycles. The lowest BCUT2D eigenvalue weighted by atomic mass is 9.99. The first-order valence-corrected chi connectivity index (χ1v) is 10.5. The van der Waals surface area contributed by atoms with Gasteiger partial charge in [0.1, 0.15) is 40.8 Å². The Bertz CT molecular complexity index is 1200. The summed E-state index contributed by atoms with van der Waals surface area (Å²) in [6, 6.07) is 18.3. The smallest absolute Gasteiger partial charge is 0.134 e. The van der Waals surface area contributed by atoms with E-state index in [2.05, 4.69) is 5.32 Å². The van der Waals surface area contributed by atoms with Crippen molar-refractivity contribution in [1.29, 1.82) is 0 Å². The maximum absolute atomic E-state index is 13.1.